The van der Waals surface area contributed by atoms with Gasteiger partial charge in [0.1, 0.15) is 6.04 Å². The molecule has 0 radical (unpaired) electrons. The SMILES string of the molecule is COC(=O)[C@H](Cc1cccc(Cl)c1)NC(=O)C1CCCCC1. The molecule has 0 aromatic heterocycles. The number of hydrogen-bond acceptors (Lipinski definition) is 3. The summed E-state index contributed by atoms with van der Waals surface area (Å²) in [6.45, 7) is 0. The van der Waals surface area contributed by atoms with Crippen LogP contribution in [0.2, 0.25) is 5.02 Å². The van der Waals surface area contributed by atoms with Gasteiger partial charge in [-0.25, -0.2) is 4.79 Å². The van der Waals surface area contributed by atoms with Gasteiger partial charge in [0.2, 0.25) is 5.91 Å². The van der Waals surface area contributed by atoms with Gasteiger partial charge in [0.25, 0.3) is 0 Å². The van der Waals surface area contributed by atoms with E-state index in [4.69, 9.17) is 16.3 Å². The van der Waals surface area contributed by atoms with Gasteiger partial charge in [0.15, 0.2) is 0 Å². The second kappa shape index (κ2) is 8.18. The molecule has 22 heavy (non-hydrogen) atoms. The van der Waals surface area contributed by atoms with Crippen LogP contribution in [0.4, 0.5) is 0 Å². The van der Waals surface area contributed by atoms with Gasteiger partial charge in [-0.2, -0.15) is 0 Å². The van der Waals surface area contributed by atoms with Crippen molar-refractivity contribution >= 4 is 23.5 Å². The Labute approximate surface area is 136 Å². The minimum Gasteiger partial charge on any atom is -0.467 e. The highest BCUT2D eigenvalue weighted by Gasteiger charge is 2.27. The highest BCUT2D eigenvalue weighted by molar-refractivity contribution is 6.30. The zero-order valence-electron chi connectivity index (χ0n) is 12.8. The van der Waals surface area contributed by atoms with Crippen LogP contribution in [0, 0.1) is 5.92 Å². The number of nitrogens with one attached hydrogen (secondary N) is 1. The molecule has 1 fully saturated rings. The Morgan fingerprint density at radius 2 is 2.05 bits per heavy atom. The van der Waals surface area contributed by atoms with Crippen LogP contribution in [0.5, 0.6) is 0 Å². The third-order valence-corrected chi connectivity index (χ3v) is 4.34. The molecule has 1 N–H and O–H groups in total. The lowest BCUT2D eigenvalue weighted by Crippen LogP contribution is -2.45. The second-order valence-corrected chi connectivity index (χ2v) is 6.19. The predicted molar refractivity (Wildman–Crippen MR) is 85.7 cm³/mol. The number of ether oxygens (including phenoxy) is 1. The largest absolute Gasteiger partial charge is 0.467 e. The van der Waals surface area contributed by atoms with Crippen LogP contribution in [0.3, 0.4) is 0 Å². The summed E-state index contributed by atoms with van der Waals surface area (Å²) in [5.74, 6) is -0.457. The summed E-state index contributed by atoms with van der Waals surface area (Å²) in [4.78, 5) is 24.3. The highest BCUT2D eigenvalue weighted by Crippen LogP contribution is 2.24. The molecule has 0 aliphatic heterocycles. The van der Waals surface area contributed by atoms with Crippen LogP contribution >= 0.6 is 11.6 Å². The molecule has 0 saturated heterocycles. The van der Waals surface area contributed by atoms with Gasteiger partial charge in [-0.3, -0.25) is 4.79 Å². The van der Waals surface area contributed by atoms with Crippen molar-refractivity contribution in [2.75, 3.05) is 7.11 Å². The topological polar surface area (TPSA) is 55.4 Å². The average Bonchev–Trinajstić information content (AvgIpc) is 2.54. The van der Waals surface area contributed by atoms with E-state index in [9.17, 15) is 9.59 Å². The maximum atomic E-state index is 12.3. The molecule has 0 spiro atoms. The molecule has 1 aromatic carbocycles. The molecule has 0 bridgehead atoms. The van der Waals surface area contributed by atoms with Crippen LogP contribution in [-0.2, 0) is 20.7 Å². The number of halogens is 1. The maximum absolute atomic E-state index is 12.3. The molecule has 4 nitrogen and oxygen atoms in total. The Balaban J connectivity index is 2.02. The Morgan fingerprint density at radius 3 is 2.68 bits per heavy atom. The van der Waals surface area contributed by atoms with Crippen molar-refractivity contribution in [3.05, 3.63) is 34.9 Å². The number of carbonyl (C=O) groups is 2. The van der Waals surface area contributed by atoms with E-state index >= 15 is 0 Å². The average molecular weight is 324 g/mol. The number of methoxy groups -OCH3 is 1. The number of hydrogen-bond donors (Lipinski definition) is 1. The van der Waals surface area contributed by atoms with Gasteiger partial charge in [-0.05, 0) is 30.5 Å². The fourth-order valence-corrected chi connectivity index (χ4v) is 3.10. The van der Waals surface area contributed by atoms with Crippen molar-refractivity contribution in [3.63, 3.8) is 0 Å². The Morgan fingerprint density at radius 1 is 1.32 bits per heavy atom. The van der Waals surface area contributed by atoms with Gasteiger partial charge >= 0.3 is 5.97 Å². The fraction of sp³-hybridized carbons (Fsp3) is 0.529. The number of benzene rings is 1. The number of amides is 1. The first-order valence-electron chi connectivity index (χ1n) is 7.73. The lowest BCUT2D eigenvalue weighted by atomic mass is 9.88. The van der Waals surface area contributed by atoms with Gasteiger partial charge in [-0.15, -0.1) is 0 Å². The zero-order valence-corrected chi connectivity index (χ0v) is 13.6. The minimum atomic E-state index is -0.669. The van der Waals surface area contributed by atoms with E-state index in [1.54, 1.807) is 12.1 Å². The van der Waals surface area contributed by atoms with Crippen molar-refractivity contribution in [1.29, 1.82) is 0 Å². The molecule has 1 amide bonds. The van der Waals surface area contributed by atoms with Crippen LogP contribution in [-0.4, -0.2) is 25.0 Å². The standard InChI is InChI=1S/C17H22ClNO3/c1-22-17(21)15(11-12-6-5-9-14(18)10-12)19-16(20)13-7-3-2-4-8-13/h5-6,9-10,13,15H,2-4,7-8,11H2,1H3,(H,19,20)/t15-/m0/s1. The smallest absolute Gasteiger partial charge is 0.328 e. The van der Waals surface area contributed by atoms with E-state index in [2.05, 4.69) is 5.32 Å². The molecule has 2 rings (SSSR count). The van der Waals surface area contributed by atoms with Gasteiger partial charge in [0.05, 0.1) is 7.11 Å². The summed E-state index contributed by atoms with van der Waals surface area (Å²) in [7, 11) is 1.33. The van der Waals surface area contributed by atoms with Gasteiger partial charge in [-0.1, -0.05) is 43.0 Å². The van der Waals surface area contributed by atoms with Crippen LogP contribution in [0.15, 0.2) is 24.3 Å². The van der Waals surface area contributed by atoms with E-state index in [1.807, 2.05) is 12.1 Å². The summed E-state index contributed by atoms with van der Waals surface area (Å²) in [6.07, 6.45) is 5.52. The molecule has 1 saturated carbocycles. The number of esters is 1. The second-order valence-electron chi connectivity index (χ2n) is 5.75. The lowest BCUT2D eigenvalue weighted by Gasteiger charge is -2.24. The molecule has 5 heteroatoms. The Kier molecular flexibility index (Phi) is 6.25. The zero-order chi connectivity index (χ0) is 15.9. The summed E-state index contributed by atoms with van der Waals surface area (Å²) < 4.78 is 4.82. The summed E-state index contributed by atoms with van der Waals surface area (Å²) >= 11 is 5.97. The molecule has 120 valence electrons. The number of carbonyl (C=O) groups excluding carboxylic acids is 2. The summed E-state index contributed by atoms with van der Waals surface area (Å²) in [5, 5.41) is 3.46. The third-order valence-electron chi connectivity index (χ3n) is 4.11. The lowest BCUT2D eigenvalue weighted by molar-refractivity contribution is -0.145. The van der Waals surface area contributed by atoms with Gasteiger partial charge < -0.3 is 10.1 Å². The third kappa shape index (κ3) is 4.73. The predicted octanol–water partition coefficient (Wildman–Crippen LogP) is 3.12. The molecule has 0 heterocycles. The number of rotatable bonds is 5. The minimum absolute atomic E-state index is 0.0141. The van der Waals surface area contributed by atoms with Gasteiger partial charge in [0, 0.05) is 17.4 Å². The monoisotopic (exact) mass is 323 g/mol. The van der Waals surface area contributed by atoms with Crippen molar-refractivity contribution in [2.24, 2.45) is 5.92 Å². The molecule has 0 unspecified atom stereocenters. The Bertz CT molecular complexity index is 526. The first kappa shape index (κ1) is 16.8. The van der Waals surface area contributed by atoms with Crippen LogP contribution < -0.4 is 5.32 Å². The quantitative estimate of drug-likeness (QED) is 0.847. The molecule has 1 atom stereocenters. The maximum Gasteiger partial charge on any atom is 0.328 e. The van der Waals surface area contributed by atoms with Crippen molar-refractivity contribution < 1.29 is 14.3 Å². The first-order chi connectivity index (χ1) is 10.6. The molecule has 1 aromatic rings. The fourth-order valence-electron chi connectivity index (χ4n) is 2.89. The summed E-state index contributed by atoms with van der Waals surface area (Å²) in [6, 6.07) is 6.62. The molecule has 1 aliphatic carbocycles. The van der Waals surface area contributed by atoms with E-state index in [0.717, 1.165) is 31.2 Å². The van der Waals surface area contributed by atoms with Crippen molar-refractivity contribution in [2.45, 2.75) is 44.6 Å². The van der Waals surface area contributed by atoms with E-state index in [-0.39, 0.29) is 11.8 Å². The van der Waals surface area contributed by atoms with E-state index < -0.39 is 12.0 Å². The van der Waals surface area contributed by atoms with E-state index in [1.165, 1.54) is 13.5 Å². The first-order valence-corrected chi connectivity index (χ1v) is 8.10. The normalized spacial score (nSPS) is 16.8. The van der Waals surface area contributed by atoms with Crippen LogP contribution in [0.25, 0.3) is 0 Å². The molecular weight excluding hydrogens is 302 g/mol. The van der Waals surface area contributed by atoms with Crippen molar-refractivity contribution in [3.8, 4) is 0 Å². The van der Waals surface area contributed by atoms with E-state index in [0.29, 0.717) is 11.4 Å². The highest BCUT2D eigenvalue weighted by atomic mass is 35.5. The molecule has 1 aliphatic rings. The molecular formula is C17H22ClNO3. The Hall–Kier alpha value is -1.55. The van der Waals surface area contributed by atoms with Crippen molar-refractivity contribution in [1.82, 2.24) is 5.32 Å². The summed E-state index contributed by atoms with van der Waals surface area (Å²) in [5.41, 5.74) is 0.895. The van der Waals surface area contributed by atoms with Crippen LogP contribution in [0.1, 0.15) is 37.7 Å².